The van der Waals surface area contributed by atoms with Gasteiger partial charge in [0.15, 0.2) is 5.68 Å². The molecular formula is C26H42BN3O7. The van der Waals surface area contributed by atoms with E-state index in [1.54, 1.807) is 0 Å². The highest BCUT2D eigenvalue weighted by Crippen LogP contribution is 2.12. The van der Waals surface area contributed by atoms with E-state index in [9.17, 15) is 29.2 Å². The lowest BCUT2D eigenvalue weighted by atomic mass is 9.77. The van der Waals surface area contributed by atoms with Crippen molar-refractivity contribution in [2.75, 3.05) is 0 Å². The summed E-state index contributed by atoms with van der Waals surface area (Å²) in [5.74, 6) is -1.10. The van der Waals surface area contributed by atoms with Gasteiger partial charge in [0.25, 0.3) is 0 Å². The molecule has 1 rings (SSSR count). The van der Waals surface area contributed by atoms with E-state index in [0.29, 0.717) is 6.42 Å². The van der Waals surface area contributed by atoms with E-state index in [-0.39, 0.29) is 37.2 Å². The minimum Gasteiger partial charge on any atom is -0.445 e. The van der Waals surface area contributed by atoms with Gasteiger partial charge >= 0.3 is 13.2 Å². The summed E-state index contributed by atoms with van der Waals surface area (Å²) in [6.45, 7) is 11.3. The van der Waals surface area contributed by atoms with Gasteiger partial charge in [0.1, 0.15) is 18.7 Å². The summed E-state index contributed by atoms with van der Waals surface area (Å²) in [7, 11) is -2.22. The van der Waals surface area contributed by atoms with Crippen LogP contribution in [0.3, 0.4) is 0 Å². The molecule has 3 amide bonds. The summed E-state index contributed by atoms with van der Waals surface area (Å²) in [6.07, 6.45) is 0.0336. The predicted octanol–water partition coefficient (Wildman–Crippen LogP) is 1.97. The van der Waals surface area contributed by atoms with Gasteiger partial charge in [-0.15, -0.1) is 0 Å². The molecule has 3 atom stereocenters. The molecule has 0 aromatic heterocycles. The fraction of sp³-hybridized carbons (Fsp3) is 0.615. The van der Waals surface area contributed by atoms with E-state index >= 15 is 0 Å². The van der Waals surface area contributed by atoms with Crippen molar-refractivity contribution >= 4 is 30.7 Å². The highest BCUT2D eigenvalue weighted by molar-refractivity contribution is 6.79. The van der Waals surface area contributed by atoms with Gasteiger partial charge in [-0.05, 0) is 42.6 Å². The number of amides is 3. The van der Waals surface area contributed by atoms with Crippen LogP contribution in [0, 0.1) is 17.8 Å². The number of rotatable bonds is 15. The van der Waals surface area contributed by atoms with Gasteiger partial charge < -0.3 is 35.5 Å². The van der Waals surface area contributed by atoms with Crippen LogP contribution in [-0.4, -0.2) is 58.9 Å². The molecule has 0 saturated carbocycles. The van der Waals surface area contributed by atoms with Crippen LogP contribution in [0.5, 0.6) is 0 Å². The van der Waals surface area contributed by atoms with E-state index in [4.69, 9.17) is 4.74 Å². The number of carbonyl (C=O) groups excluding carboxylic acids is 4. The summed E-state index contributed by atoms with van der Waals surface area (Å²) in [4.78, 5) is 50.9. The third-order valence-corrected chi connectivity index (χ3v) is 5.49. The average molecular weight is 519 g/mol. The molecule has 1 aromatic rings. The molecule has 0 spiro atoms. The highest BCUT2D eigenvalue weighted by Gasteiger charge is 2.34. The zero-order chi connectivity index (χ0) is 28.1. The van der Waals surface area contributed by atoms with Crippen LogP contribution in [0.15, 0.2) is 30.3 Å². The van der Waals surface area contributed by atoms with Gasteiger partial charge in [-0.25, -0.2) is 4.79 Å². The van der Waals surface area contributed by atoms with Crippen molar-refractivity contribution in [1.29, 1.82) is 0 Å². The van der Waals surface area contributed by atoms with Crippen LogP contribution in [-0.2, 0) is 25.7 Å². The number of ether oxygens (including phenoxy) is 1. The smallest absolute Gasteiger partial charge is 0.445 e. The molecule has 206 valence electrons. The first-order valence-corrected chi connectivity index (χ1v) is 12.8. The van der Waals surface area contributed by atoms with E-state index in [0.717, 1.165) is 5.56 Å². The van der Waals surface area contributed by atoms with Gasteiger partial charge in [0.05, 0.1) is 6.04 Å². The van der Waals surface area contributed by atoms with Gasteiger partial charge in [-0.2, -0.15) is 0 Å². The number of benzene rings is 1. The van der Waals surface area contributed by atoms with Crippen molar-refractivity contribution in [2.45, 2.75) is 85.5 Å². The quantitative estimate of drug-likeness (QED) is 0.222. The molecule has 0 fully saturated rings. The Morgan fingerprint density at radius 3 is 1.62 bits per heavy atom. The summed E-state index contributed by atoms with van der Waals surface area (Å²) >= 11 is 0. The number of hydrogen-bond donors (Lipinski definition) is 5. The molecule has 37 heavy (non-hydrogen) atoms. The van der Waals surface area contributed by atoms with Crippen LogP contribution < -0.4 is 16.0 Å². The maximum atomic E-state index is 13.2. The van der Waals surface area contributed by atoms with Crippen molar-refractivity contribution in [2.24, 2.45) is 17.8 Å². The molecule has 0 radical (unpaired) electrons. The Balaban J connectivity index is 2.95. The van der Waals surface area contributed by atoms with Gasteiger partial charge in [0.2, 0.25) is 11.8 Å². The number of hydrogen-bond acceptors (Lipinski definition) is 7. The minimum absolute atomic E-state index is 0.00680. The van der Waals surface area contributed by atoms with Crippen LogP contribution >= 0.6 is 0 Å². The Morgan fingerprint density at radius 1 is 0.730 bits per heavy atom. The Bertz CT molecular complexity index is 878. The zero-order valence-electron chi connectivity index (χ0n) is 22.7. The molecule has 0 aliphatic rings. The van der Waals surface area contributed by atoms with E-state index < -0.39 is 48.8 Å². The fourth-order valence-corrected chi connectivity index (χ4v) is 3.76. The molecule has 0 aliphatic heterocycles. The van der Waals surface area contributed by atoms with Crippen molar-refractivity contribution in [3.05, 3.63) is 35.9 Å². The second-order valence-corrected chi connectivity index (χ2v) is 10.5. The second kappa shape index (κ2) is 16.0. The first kappa shape index (κ1) is 32.1. The fourth-order valence-electron chi connectivity index (χ4n) is 3.76. The van der Waals surface area contributed by atoms with Gasteiger partial charge in [-0.1, -0.05) is 71.9 Å². The van der Waals surface area contributed by atoms with Crippen LogP contribution in [0.2, 0.25) is 0 Å². The first-order chi connectivity index (χ1) is 17.3. The van der Waals surface area contributed by atoms with Crippen molar-refractivity contribution in [1.82, 2.24) is 16.0 Å². The standard InChI is InChI=1S/C26H42BN3O7/c1-16(2)12-20(23(31)27(35)36)28-24(32)21(13-17(3)4)29-25(33)22(14-18(5)6)30-26(34)37-15-19-10-8-7-9-11-19/h7-11,16-18,20-22,35-36H,12-15H2,1-6H3,(H,28,32)(H,29,33)(H,30,34)/t20-,21?,22-/m0/s1. The highest BCUT2D eigenvalue weighted by atomic mass is 16.5. The Kier molecular flexibility index (Phi) is 13.9. The zero-order valence-corrected chi connectivity index (χ0v) is 22.7. The molecule has 0 heterocycles. The maximum Gasteiger partial charge on any atom is 0.529 e. The van der Waals surface area contributed by atoms with Crippen LogP contribution in [0.25, 0.3) is 0 Å². The number of nitrogens with one attached hydrogen (secondary N) is 3. The van der Waals surface area contributed by atoms with Crippen molar-refractivity contribution < 1.29 is 34.0 Å². The summed E-state index contributed by atoms with van der Waals surface area (Å²) in [5.41, 5.74) is -0.119. The lowest BCUT2D eigenvalue weighted by Crippen LogP contribution is -2.57. The largest absolute Gasteiger partial charge is 0.529 e. The van der Waals surface area contributed by atoms with E-state index in [1.165, 1.54) is 0 Å². The Morgan fingerprint density at radius 2 is 1.16 bits per heavy atom. The topological polar surface area (TPSA) is 154 Å². The minimum atomic E-state index is -2.22. The normalized spacial score (nSPS) is 13.6. The van der Waals surface area contributed by atoms with E-state index in [2.05, 4.69) is 16.0 Å². The van der Waals surface area contributed by atoms with Crippen molar-refractivity contribution in [3.8, 4) is 0 Å². The summed E-state index contributed by atoms with van der Waals surface area (Å²) in [6, 6.07) is 6.07. The first-order valence-electron chi connectivity index (χ1n) is 12.8. The SMILES string of the molecule is CC(C)CC(NC(=O)[C@H](CC(C)C)NC(=O)OCc1ccccc1)C(=O)N[C@@H](CC(C)C)C(=O)B(O)O. The lowest BCUT2D eigenvalue weighted by Gasteiger charge is -2.27. The molecule has 1 unspecified atom stereocenters. The maximum absolute atomic E-state index is 13.2. The van der Waals surface area contributed by atoms with Crippen molar-refractivity contribution in [3.63, 3.8) is 0 Å². The molecule has 0 aliphatic carbocycles. The third kappa shape index (κ3) is 12.7. The lowest BCUT2D eigenvalue weighted by molar-refractivity contribution is -0.132. The molecule has 0 bridgehead atoms. The third-order valence-electron chi connectivity index (χ3n) is 5.49. The van der Waals surface area contributed by atoms with Crippen LogP contribution in [0.4, 0.5) is 4.79 Å². The molecule has 0 saturated heterocycles. The van der Waals surface area contributed by atoms with Crippen LogP contribution in [0.1, 0.15) is 66.4 Å². The second-order valence-electron chi connectivity index (χ2n) is 10.5. The summed E-state index contributed by atoms with van der Waals surface area (Å²) < 4.78 is 5.25. The number of carbonyl (C=O) groups is 4. The monoisotopic (exact) mass is 519 g/mol. The van der Waals surface area contributed by atoms with Gasteiger partial charge in [0, 0.05) is 0 Å². The molecule has 11 heteroatoms. The Hall–Kier alpha value is -2.92. The molecule has 10 nitrogen and oxygen atoms in total. The molecule has 5 N–H and O–H groups in total. The molecular weight excluding hydrogens is 477 g/mol. The average Bonchev–Trinajstić information content (AvgIpc) is 2.80. The number of alkyl carbamates (subject to hydrolysis) is 1. The van der Waals surface area contributed by atoms with Gasteiger partial charge in [-0.3, -0.25) is 9.59 Å². The Labute approximate surface area is 220 Å². The van der Waals surface area contributed by atoms with E-state index in [1.807, 2.05) is 71.9 Å². The summed E-state index contributed by atoms with van der Waals surface area (Å²) in [5, 5.41) is 26.5. The predicted molar refractivity (Wildman–Crippen MR) is 141 cm³/mol. The molecule has 1 aromatic carbocycles.